The number of carbonyl (C=O) groups excluding carboxylic acids is 1. The van der Waals surface area contributed by atoms with E-state index in [4.69, 9.17) is 4.74 Å². The number of hydrogen-bond donors (Lipinski definition) is 0. The lowest BCUT2D eigenvalue weighted by atomic mass is 10.1. The van der Waals surface area contributed by atoms with Crippen molar-refractivity contribution in [3.63, 3.8) is 0 Å². The molecule has 0 radical (unpaired) electrons. The number of esters is 1. The molecule has 0 spiro atoms. The minimum Gasteiger partial charge on any atom is -0.457 e. The van der Waals surface area contributed by atoms with E-state index in [-0.39, 0.29) is 12.6 Å². The van der Waals surface area contributed by atoms with Crippen molar-refractivity contribution in [1.29, 1.82) is 0 Å². The van der Waals surface area contributed by atoms with Crippen molar-refractivity contribution in [2.45, 2.75) is 6.61 Å². The van der Waals surface area contributed by atoms with Crippen molar-refractivity contribution in [3.8, 4) is 5.69 Å². The number of pyridine rings is 1. The summed E-state index contributed by atoms with van der Waals surface area (Å²) in [6.45, 7) is 0.219. The molecule has 4 aromatic rings. The van der Waals surface area contributed by atoms with E-state index >= 15 is 0 Å². The molecule has 0 aliphatic heterocycles. The summed E-state index contributed by atoms with van der Waals surface area (Å²) in [5.41, 5.74) is 3.22. The lowest BCUT2D eigenvalue weighted by Gasteiger charge is -2.07. The molecular formula is C19H14N4O2. The molecule has 25 heavy (non-hydrogen) atoms. The van der Waals surface area contributed by atoms with Crippen LogP contribution in [-0.4, -0.2) is 25.7 Å². The summed E-state index contributed by atoms with van der Waals surface area (Å²) < 4.78 is 7.16. The standard InChI is InChI=1S/C19H14N4O2/c24-19(15-4-6-17(7-5-15)23-12-21-22-13-23)25-11-14-3-8-18-16(10-14)2-1-9-20-18/h1-10,12-13H,11H2. The number of aromatic nitrogens is 4. The smallest absolute Gasteiger partial charge is 0.338 e. The summed E-state index contributed by atoms with van der Waals surface area (Å²) in [4.78, 5) is 16.5. The van der Waals surface area contributed by atoms with Crippen LogP contribution in [0.3, 0.4) is 0 Å². The van der Waals surface area contributed by atoms with Crippen LogP contribution in [-0.2, 0) is 11.3 Å². The summed E-state index contributed by atoms with van der Waals surface area (Å²) >= 11 is 0. The van der Waals surface area contributed by atoms with Crippen molar-refractivity contribution in [3.05, 3.63) is 84.6 Å². The molecule has 122 valence electrons. The van der Waals surface area contributed by atoms with Gasteiger partial charge in [-0.25, -0.2) is 4.79 Å². The number of hydrogen-bond acceptors (Lipinski definition) is 5. The highest BCUT2D eigenvalue weighted by Crippen LogP contribution is 2.15. The first-order chi connectivity index (χ1) is 12.3. The number of carbonyl (C=O) groups is 1. The first-order valence-corrected chi connectivity index (χ1v) is 7.75. The largest absolute Gasteiger partial charge is 0.457 e. The number of ether oxygens (including phenoxy) is 1. The molecule has 4 rings (SSSR count). The van der Waals surface area contributed by atoms with E-state index in [0.29, 0.717) is 5.56 Å². The highest BCUT2D eigenvalue weighted by molar-refractivity contribution is 5.89. The number of nitrogens with zero attached hydrogens (tertiary/aromatic N) is 4. The molecule has 0 amide bonds. The van der Waals surface area contributed by atoms with Crippen LogP contribution in [0.15, 0.2) is 73.4 Å². The second kappa shape index (κ2) is 6.52. The van der Waals surface area contributed by atoms with Gasteiger partial charge in [0.1, 0.15) is 19.3 Å². The molecule has 0 saturated carbocycles. The van der Waals surface area contributed by atoms with E-state index in [2.05, 4.69) is 15.2 Å². The molecule has 0 N–H and O–H groups in total. The van der Waals surface area contributed by atoms with Crippen molar-refractivity contribution < 1.29 is 9.53 Å². The maximum Gasteiger partial charge on any atom is 0.338 e. The lowest BCUT2D eigenvalue weighted by Crippen LogP contribution is -2.05. The van der Waals surface area contributed by atoms with Crippen LogP contribution in [0.25, 0.3) is 16.6 Å². The van der Waals surface area contributed by atoms with Crippen LogP contribution in [0, 0.1) is 0 Å². The van der Waals surface area contributed by atoms with Gasteiger partial charge in [0.25, 0.3) is 0 Å². The van der Waals surface area contributed by atoms with Gasteiger partial charge < -0.3 is 4.74 Å². The highest BCUT2D eigenvalue weighted by atomic mass is 16.5. The molecule has 0 atom stereocenters. The maximum atomic E-state index is 12.2. The van der Waals surface area contributed by atoms with Crippen LogP contribution in [0.2, 0.25) is 0 Å². The van der Waals surface area contributed by atoms with Gasteiger partial charge in [0.2, 0.25) is 0 Å². The average molecular weight is 330 g/mol. The average Bonchev–Trinajstić information content (AvgIpc) is 3.21. The Morgan fingerprint density at radius 1 is 1.00 bits per heavy atom. The van der Waals surface area contributed by atoms with Gasteiger partial charge in [-0.2, -0.15) is 0 Å². The predicted octanol–water partition coefficient (Wildman–Crippen LogP) is 3.17. The Kier molecular flexibility index (Phi) is 3.92. The fourth-order valence-corrected chi connectivity index (χ4v) is 2.55. The monoisotopic (exact) mass is 330 g/mol. The summed E-state index contributed by atoms with van der Waals surface area (Å²) in [5.74, 6) is -0.360. The van der Waals surface area contributed by atoms with Gasteiger partial charge in [0.05, 0.1) is 11.1 Å². The van der Waals surface area contributed by atoms with E-state index in [1.54, 1.807) is 35.6 Å². The minimum atomic E-state index is -0.360. The van der Waals surface area contributed by atoms with Gasteiger partial charge in [-0.05, 0) is 48.0 Å². The van der Waals surface area contributed by atoms with E-state index in [9.17, 15) is 4.79 Å². The Balaban J connectivity index is 1.44. The summed E-state index contributed by atoms with van der Waals surface area (Å²) in [7, 11) is 0. The molecule has 2 aromatic heterocycles. The Hall–Kier alpha value is -3.54. The van der Waals surface area contributed by atoms with Gasteiger partial charge in [-0.15, -0.1) is 10.2 Å². The molecule has 0 fully saturated rings. The molecule has 6 heteroatoms. The molecule has 0 aliphatic carbocycles. The zero-order chi connectivity index (χ0) is 17.1. The third-order valence-corrected chi connectivity index (χ3v) is 3.86. The van der Waals surface area contributed by atoms with E-state index in [1.807, 2.05) is 42.5 Å². The van der Waals surface area contributed by atoms with Crippen molar-refractivity contribution in [1.82, 2.24) is 19.7 Å². The topological polar surface area (TPSA) is 69.9 Å². The summed E-state index contributed by atoms with van der Waals surface area (Å²) in [6, 6.07) is 16.8. The Morgan fingerprint density at radius 2 is 1.80 bits per heavy atom. The fourth-order valence-electron chi connectivity index (χ4n) is 2.55. The molecular weight excluding hydrogens is 316 g/mol. The normalized spacial score (nSPS) is 10.7. The van der Waals surface area contributed by atoms with E-state index in [0.717, 1.165) is 22.2 Å². The highest BCUT2D eigenvalue weighted by Gasteiger charge is 2.08. The van der Waals surface area contributed by atoms with Gasteiger partial charge in [-0.1, -0.05) is 12.1 Å². The predicted molar refractivity (Wildman–Crippen MR) is 92.2 cm³/mol. The van der Waals surface area contributed by atoms with Crippen molar-refractivity contribution in [2.75, 3.05) is 0 Å². The van der Waals surface area contributed by atoms with Gasteiger partial charge >= 0.3 is 5.97 Å². The second-order valence-corrected chi connectivity index (χ2v) is 5.52. The SMILES string of the molecule is O=C(OCc1ccc2ncccc2c1)c1ccc(-n2cnnc2)cc1. The lowest BCUT2D eigenvalue weighted by molar-refractivity contribution is 0.0473. The molecule has 6 nitrogen and oxygen atoms in total. The third kappa shape index (κ3) is 3.23. The summed E-state index contributed by atoms with van der Waals surface area (Å²) in [6.07, 6.45) is 4.95. The fraction of sp³-hybridized carbons (Fsp3) is 0.0526. The van der Waals surface area contributed by atoms with Crippen LogP contribution >= 0.6 is 0 Å². The molecule has 0 bridgehead atoms. The number of benzene rings is 2. The molecule has 0 aliphatic rings. The first kappa shape index (κ1) is 15.0. The third-order valence-electron chi connectivity index (χ3n) is 3.86. The Labute approximate surface area is 143 Å². The van der Waals surface area contributed by atoms with Gasteiger partial charge in [0.15, 0.2) is 0 Å². The van der Waals surface area contributed by atoms with Crippen LogP contribution in [0.5, 0.6) is 0 Å². The van der Waals surface area contributed by atoms with Crippen LogP contribution < -0.4 is 0 Å². The zero-order valence-corrected chi connectivity index (χ0v) is 13.2. The molecule has 2 aromatic carbocycles. The van der Waals surface area contributed by atoms with Gasteiger partial charge in [0, 0.05) is 17.3 Å². The van der Waals surface area contributed by atoms with Gasteiger partial charge in [-0.3, -0.25) is 9.55 Å². The van der Waals surface area contributed by atoms with E-state index < -0.39 is 0 Å². The van der Waals surface area contributed by atoms with Crippen molar-refractivity contribution in [2.24, 2.45) is 0 Å². The molecule has 2 heterocycles. The Bertz CT molecular complexity index is 1010. The molecule has 0 unspecified atom stereocenters. The summed E-state index contributed by atoms with van der Waals surface area (Å²) in [5, 5.41) is 8.54. The second-order valence-electron chi connectivity index (χ2n) is 5.52. The van der Waals surface area contributed by atoms with Crippen LogP contribution in [0.1, 0.15) is 15.9 Å². The maximum absolute atomic E-state index is 12.2. The van der Waals surface area contributed by atoms with E-state index in [1.165, 1.54) is 0 Å². The minimum absolute atomic E-state index is 0.219. The molecule has 0 saturated heterocycles. The number of rotatable bonds is 4. The zero-order valence-electron chi connectivity index (χ0n) is 13.2. The quantitative estimate of drug-likeness (QED) is 0.538. The first-order valence-electron chi connectivity index (χ1n) is 7.75. The Morgan fingerprint density at radius 3 is 2.60 bits per heavy atom. The van der Waals surface area contributed by atoms with Crippen LogP contribution in [0.4, 0.5) is 0 Å². The van der Waals surface area contributed by atoms with Crippen molar-refractivity contribution >= 4 is 16.9 Å². The number of fused-ring (bicyclic) bond motifs is 1.